The number of aryl methyl sites for hydroxylation is 1. The Bertz CT molecular complexity index is 984. The molecule has 1 atom stereocenters. The number of fused-ring (bicyclic) bond motifs is 3. The van der Waals surface area contributed by atoms with E-state index in [1.807, 2.05) is 12.1 Å². The highest BCUT2D eigenvalue weighted by atomic mass is 15.2. The monoisotopic (exact) mass is 346 g/mol. The molecule has 0 amide bonds. The molecule has 3 heterocycles. The van der Waals surface area contributed by atoms with Crippen LogP contribution in [0, 0.1) is 6.92 Å². The van der Waals surface area contributed by atoms with Crippen LogP contribution >= 0.6 is 0 Å². The SMILES string of the molecule is Cc1ccc2c(c1)c1c(n2CC(N=[N+]=[N-])c2ccncc2)CN(C)CC1. The van der Waals surface area contributed by atoms with Crippen LogP contribution in [0.2, 0.25) is 0 Å². The third kappa shape index (κ3) is 2.94. The lowest BCUT2D eigenvalue weighted by Gasteiger charge is -2.25. The molecule has 0 saturated carbocycles. The topological polar surface area (TPSA) is 69.8 Å². The Morgan fingerprint density at radius 3 is 2.85 bits per heavy atom. The molecule has 1 aromatic carbocycles. The van der Waals surface area contributed by atoms with E-state index in [1.165, 1.54) is 27.7 Å². The molecule has 4 rings (SSSR count). The van der Waals surface area contributed by atoms with Gasteiger partial charge < -0.3 is 9.47 Å². The Labute approximate surface area is 152 Å². The zero-order valence-electron chi connectivity index (χ0n) is 15.1. The van der Waals surface area contributed by atoms with Crippen molar-refractivity contribution in [1.29, 1.82) is 0 Å². The standard InChI is InChI=1S/C20H22N6/c1-14-3-4-19-17(11-14)16-7-10-25(2)13-20(16)26(19)12-18(23-24-21)15-5-8-22-9-6-15/h3-6,8-9,11,18H,7,10,12-13H2,1-2H3. The van der Waals surface area contributed by atoms with Crippen molar-refractivity contribution in [3.05, 3.63) is 75.6 Å². The summed E-state index contributed by atoms with van der Waals surface area (Å²) >= 11 is 0. The molecule has 0 fully saturated rings. The molecule has 26 heavy (non-hydrogen) atoms. The number of likely N-dealkylation sites (N-methyl/N-ethyl adjacent to an activating group) is 1. The number of hydrogen-bond acceptors (Lipinski definition) is 3. The van der Waals surface area contributed by atoms with Gasteiger partial charge in [-0.15, -0.1) is 0 Å². The fourth-order valence-corrected chi connectivity index (χ4v) is 3.93. The number of rotatable bonds is 4. The minimum atomic E-state index is -0.253. The Kier molecular flexibility index (Phi) is 4.37. The molecular weight excluding hydrogens is 324 g/mol. The number of aromatic nitrogens is 2. The summed E-state index contributed by atoms with van der Waals surface area (Å²) in [5.74, 6) is 0. The maximum Gasteiger partial charge on any atom is 0.0805 e. The number of hydrogen-bond donors (Lipinski definition) is 0. The maximum atomic E-state index is 9.08. The van der Waals surface area contributed by atoms with E-state index in [1.54, 1.807) is 12.4 Å². The van der Waals surface area contributed by atoms with Gasteiger partial charge in [0, 0.05) is 53.5 Å². The lowest BCUT2D eigenvalue weighted by atomic mass is 10.0. The number of pyridine rings is 1. The van der Waals surface area contributed by atoms with Crippen molar-refractivity contribution in [1.82, 2.24) is 14.5 Å². The van der Waals surface area contributed by atoms with Gasteiger partial charge in [0.05, 0.1) is 6.04 Å². The highest BCUT2D eigenvalue weighted by Gasteiger charge is 2.24. The van der Waals surface area contributed by atoms with Gasteiger partial charge in [0.1, 0.15) is 0 Å². The van der Waals surface area contributed by atoms with Crippen LogP contribution in [0.3, 0.4) is 0 Å². The number of azide groups is 1. The van der Waals surface area contributed by atoms with E-state index in [0.717, 1.165) is 25.1 Å². The number of nitrogens with zero attached hydrogens (tertiary/aromatic N) is 6. The number of benzene rings is 1. The first-order valence-electron chi connectivity index (χ1n) is 8.90. The quantitative estimate of drug-likeness (QED) is 0.399. The van der Waals surface area contributed by atoms with Crippen molar-refractivity contribution < 1.29 is 0 Å². The largest absolute Gasteiger partial charge is 0.342 e. The Morgan fingerprint density at radius 2 is 2.08 bits per heavy atom. The first kappa shape index (κ1) is 16.6. The zero-order valence-corrected chi connectivity index (χ0v) is 15.1. The fraction of sp³-hybridized carbons (Fsp3) is 0.350. The Balaban J connectivity index is 1.85. The van der Waals surface area contributed by atoms with Gasteiger partial charge in [0.25, 0.3) is 0 Å². The van der Waals surface area contributed by atoms with Gasteiger partial charge in [0.15, 0.2) is 0 Å². The molecule has 1 aliphatic rings. The average molecular weight is 346 g/mol. The summed E-state index contributed by atoms with van der Waals surface area (Å²) in [6.07, 6.45) is 4.55. The predicted octanol–water partition coefficient (Wildman–Crippen LogP) is 4.38. The molecule has 0 spiro atoms. The van der Waals surface area contributed by atoms with Gasteiger partial charge in [0.2, 0.25) is 0 Å². The normalized spacial score (nSPS) is 15.5. The molecule has 0 aliphatic carbocycles. The highest BCUT2D eigenvalue weighted by Crippen LogP contribution is 2.33. The third-order valence-corrected chi connectivity index (χ3v) is 5.24. The van der Waals surface area contributed by atoms with Crippen LogP contribution < -0.4 is 0 Å². The van der Waals surface area contributed by atoms with Crippen molar-refractivity contribution in [2.24, 2.45) is 5.11 Å². The van der Waals surface area contributed by atoms with Gasteiger partial charge in [-0.3, -0.25) is 4.98 Å². The van der Waals surface area contributed by atoms with Crippen LogP contribution in [0.1, 0.15) is 28.4 Å². The highest BCUT2D eigenvalue weighted by molar-refractivity contribution is 5.86. The summed E-state index contributed by atoms with van der Waals surface area (Å²) < 4.78 is 2.35. The lowest BCUT2D eigenvalue weighted by Crippen LogP contribution is -2.28. The van der Waals surface area contributed by atoms with Gasteiger partial charge in [-0.05, 0) is 61.3 Å². The summed E-state index contributed by atoms with van der Waals surface area (Å²) in [6.45, 7) is 4.77. The summed E-state index contributed by atoms with van der Waals surface area (Å²) in [4.78, 5) is 9.52. The van der Waals surface area contributed by atoms with E-state index in [4.69, 9.17) is 5.53 Å². The minimum absolute atomic E-state index is 0.253. The molecule has 0 saturated heterocycles. The maximum absolute atomic E-state index is 9.08. The zero-order chi connectivity index (χ0) is 18.1. The van der Waals surface area contributed by atoms with Gasteiger partial charge in [-0.25, -0.2) is 0 Å². The molecule has 0 N–H and O–H groups in total. The van der Waals surface area contributed by atoms with Crippen molar-refractivity contribution in [2.45, 2.75) is 32.5 Å². The molecule has 3 aromatic rings. The van der Waals surface area contributed by atoms with Crippen LogP contribution in [0.5, 0.6) is 0 Å². The van der Waals surface area contributed by atoms with Crippen LogP contribution in [0.25, 0.3) is 21.3 Å². The van der Waals surface area contributed by atoms with Crippen molar-refractivity contribution >= 4 is 10.9 Å². The summed E-state index contributed by atoms with van der Waals surface area (Å²) in [5.41, 5.74) is 15.4. The van der Waals surface area contributed by atoms with Crippen LogP contribution in [-0.4, -0.2) is 28.0 Å². The summed E-state index contributed by atoms with van der Waals surface area (Å²) in [5, 5.41) is 5.42. The van der Waals surface area contributed by atoms with E-state index in [9.17, 15) is 0 Å². The summed E-state index contributed by atoms with van der Waals surface area (Å²) in [6, 6.07) is 10.2. The summed E-state index contributed by atoms with van der Waals surface area (Å²) in [7, 11) is 2.16. The third-order valence-electron chi connectivity index (χ3n) is 5.24. The second-order valence-electron chi connectivity index (χ2n) is 7.05. The molecule has 0 radical (unpaired) electrons. The van der Waals surface area contributed by atoms with E-state index in [-0.39, 0.29) is 6.04 Å². The van der Waals surface area contributed by atoms with Gasteiger partial charge >= 0.3 is 0 Å². The van der Waals surface area contributed by atoms with Crippen molar-refractivity contribution in [2.75, 3.05) is 13.6 Å². The smallest absolute Gasteiger partial charge is 0.0805 e. The van der Waals surface area contributed by atoms with E-state index >= 15 is 0 Å². The minimum Gasteiger partial charge on any atom is -0.342 e. The fourth-order valence-electron chi connectivity index (χ4n) is 3.93. The van der Waals surface area contributed by atoms with E-state index in [0.29, 0.717) is 6.54 Å². The van der Waals surface area contributed by atoms with E-state index in [2.05, 4.69) is 56.6 Å². The van der Waals surface area contributed by atoms with Gasteiger partial charge in [-0.1, -0.05) is 16.7 Å². The predicted molar refractivity (Wildman–Crippen MR) is 103 cm³/mol. The second-order valence-corrected chi connectivity index (χ2v) is 7.05. The average Bonchev–Trinajstić information content (AvgIpc) is 2.94. The Hall–Kier alpha value is -2.82. The molecule has 6 heteroatoms. The molecule has 1 unspecified atom stereocenters. The first-order chi connectivity index (χ1) is 12.7. The van der Waals surface area contributed by atoms with Crippen LogP contribution in [-0.2, 0) is 19.5 Å². The van der Waals surface area contributed by atoms with E-state index < -0.39 is 0 Å². The molecular formula is C20H22N6. The van der Waals surface area contributed by atoms with Crippen LogP contribution in [0.15, 0.2) is 47.8 Å². The Morgan fingerprint density at radius 1 is 1.27 bits per heavy atom. The molecule has 2 aromatic heterocycles. The van der Waals surface area contributed by atoms with Gasteiger partial charge in [-0.2, -0.15) is 0 Å². The van der Waals surface area contributed by atoms with Crippen molar-refractivity contribution in [3.8, 4) is 0 Å². The molecule has 0 bridgehead atoms. The lowest BCUT2D eigenvalue weighted by molar-refractivity contribution is 0.301. The molecule has 6 nitrogen and oxygen atoms in total. The first-order valence-corrected chi connectivity index (χ1v) is 8.90. The second kappa shape index (κ2) is 6.83. The molecule has 1 aliphatic heterocycles. The van der Waals surface area contributed by atoms with Crippen LogP contribution in [0.4, 0.5) is 0 Å². The van der Waals surface area contributed by atoms with Crippen molar-refractivity contribution in [3.63, 3.8) is 0 Å². The molecule has 132 valence electrons.